The highest BCUT2D eigenvalue weighted by atomic mass is 32.1. The van der Waals surface area contributed by atoms with Gasteiger partial charge in [-0.15, -0.1) is 11.3 Å². The van der Waals surface area contributed by atoms with Crippen molar-refractivity contribution in [2.45, 2.75) is 6.54 Å². The normalized spacial score (nSPS) is 10.3. The van der Waals surface area contributed by atoms with E-state index in [0.29, 0.717) is 17.8 Å². The van der Waals surface area contributed by atoms with E-state index >= 15 is 0 Å². The predicted octanol–water partition coefficient (Wildman–Crippen LogP) is 2.67. The van der Waals surface area contributed by atoms with Crippen molar-refractivity contribution in [2.24, 2.45) is 0 Å². The number of hydrogen-bond acceptors (Lipinski definition) is 4. The Hall–Kier alpha value is -2.01. The number of nitrogen functional groups attached to an aromatic ring is 1. The van der Waals surface area contributed by atoms with Crippen LogP contribution in [0.1, 0.15) is 15.2 Å². The minimum Gasteiger partial charge on any atom is -0.397 e. The Balaban J connectivity index is 2.14. The van der Waals surface area contributed by atoms with Crippen LogP contribution in [0.25, 0.3) is 0 Å². The standard InChI is InChI=1S/C15H19N3OS/c1-17(2)14-7-6-11(9-13(14)16)15(19)18(3)10-12-5-4-8-20-12/h4-9H,10,16H2,1-3H3. The summed E-state index contributed by atoms with van der Waals surface area (Å²) >= 11 is 1.65. The van der Waals surface area contributed by atoms with Gasteiger partial charge in [-0.3, -0.25) is 4.79 Å². The number of hydrogen-bond donors (Lipinski definition) is 1. The van der Waals surface area contributed by atoms with Crippen molar-refractivity contribution in [3.63, 3.8) is 0 Å². The van der Waals surface area contributed by atoms with Crippen LogP contribution in [0, 0.1) is 0 Å². The molecular formula is C15H19N3OS. The highest BCUT2D eigenvalue weighted by Gasteiger charge is 2.14. The van der Waals surface area contributed by atoms with Crippen molar-refractivity contribution in [2.75, 3.05) is 31.8 Å². The van der Waals surface area contributed by atoms with Crippen molar-refractivity contribution in [3.05, 3.63) is 46.2 Å². The third-order valence-corrected chi connectivity index (χ3v) is 3.94. The number of thiophene rings is 1. The molecule has 0 spiro atoms. The van der Waals surface area contributed by atoms with Crippen LogP contribution in [-0.2, 0) is 6.54 Å². The number of anilines is 2. The molecule has 1 amide bonds. The summed E-state index contributed by atoms with van der Waals surface area (Å²) in [6, 6.07) is 9.45. The Kier molecular flexibility index (Phi) is 4.29. The molecule has 2 N–H and O–H groups in total. The van der Waals surface area contributed by atoms with Gasteiger partial charge in [0.15, 0.2) is 0 Å². The number of rotatable bonds is 4. The zero-order valence-corrected chi connectivity index (χ0v) is 12.8. The highest BCUT2D eigenvalue weighted by Crippen LogP contribution is 2.23. The van der Waals surface area contributed by atoms with Gasteiger partial charge in [0, 0.05) is 31.6 Å². The SMILES string of the molecule is CN(Cc1cccs1)C(=O)c1ccc(N(C)C)c(N)c1. The lowest BCUT2D eigenvalue weighted by molar-refractivity contribution is 0.0786. The van der Waals surface area contributed by atoms with Gasteiger partial charge >= 0.3 is 0 Å². The molecule has 0 atom stereocenters. The monoisotopic (exact) mass is 289 g/mol. The van der Waals surface area contributed by atoms with Crippen molar-refractivity contribution in [1.29, 1.82) is 0 Å². The highest BCUT2D eigenvalue weighted by molar-refractivity contribution is 7.09. The van der Waals surface area contributed by atoms with E-state index in [1.807, 2.05) is 48.6 Å². The Morgan fingerprint density at radius 1 is 1.25 bits per heavy atom. The first-order valence-corrected chi connectivity index (χ1v) is 7.21. The van der Waals surface area contributed by atoms with Gasteiger partial charge in [0.2, 0.25) is 0 Å². The second-order valence-electron chi connectivity index (χ2n) is 4.91. The Labute approximate surface area is 123 Å². The van der Waals surface area contributed by atoms with E-state index < -0.39 is 0 Å². The molecule has 0 saturated carbocycles. The molecule has 0 aliphatic carbocycles. The van der Waals surface area contributed by atoms with Gasteiger partial charge in [-0.05, 0) is 29.6 Å². The van der Waals surface area contributed by atoms with E-state index in [1.54, 1.807) is 29.4 Å². The van der Waals surface area contributed by atoms with Crippen LogP contribution in [0.5, 0.6) is 0 Å². The van der Waals surface area contributed by atoms with E-state index in [4.69, 9.17) is 5.73 Å². The Morgan fingerprint density at radius 2 is 2.00 bits per heavy atom. The summed E-state index contributed by atoms with van der Waals surface area (Å²) in [6.07, 6.45) is 0. The third-order valence-electron chi connectivity index (χ3n) is 3.08. The van der Waals surface area contributed by atoms with E-state index in [1.165, 1.54) is 4.88 Å². The number of amides is 1. The largest absolute Gasteiger partial charge is 0.397 e. The lowest BCUT2D eigenvalue weighted by Crippen LogP contribution is -2.26. The lowest BCUT2D eigenvalue weighted by Gasteiger charge is -2.19. The van der Waals surface area contributed by atoms with Crippen LogP contribution in [0.4, 0.5) is 11.4 Å². The summed E-state index contributed by atoms with van der Waals surface area (Å²) in [5.41, 5.74) is 8.14. The van der Waals surface area contributed by atoms with Crippen molar-refractivity contribution in [1.82, 2.24) is 4.90 Å². The molecular weight excluding hydrogens is 270 g/mol. The quantitative estimate of drug-likeness (QED) is 0.880. The molecule has 0 saturated heterocycles. The number of nitrogens with zero attached hydrogens (tertiary/aromatic N) is 2. The minimum atomic E-state index is -0.0181. The predicted molar refractivity (Wildman–Crippen MR) is 85.3 cm³/mol. The molecule has 20 heavy (non-hydrogen) atoms. The molecule has 1 heterocycles. The van der Waals surface area contributed by atoms with Crippen LogP contribution in [-0.4, -0.2) is 32.0 Å². The number of benzene rings is 1. The van der Waals surface area contributed by atoms with Gasteiger partial charge < -0.3 is 15.5 Å². The first kappa shape index (κ1) is 14.4. The molecule has 2 rings (SSSR count). The summed E-state index contributed by atoms with van der Waals surface area (Å²) in [5, 5.41) is 2.01. The smallest absolute Gasteiger partial charge is 0.253 e. The maximum atomic E-state index is 12.4. The summed E-state index contributed by atoms with van der Waals surface area (Å²) in [4.78, 5) is 17.2. The molecule has 0 radical (unpaired) electrons. The fourth-order valence-corrected chi connectivity index (χ4v) is 2.78. The molecule has 0 aliphatic rings. The molecule has 0 aliphatic heterocycles. The Bertz CT molecular complexity index is 593. The molecule has 1 aromatic carbocycles. The summed E-state index contributed by atoms with van der Waals surface area (Å²) in [7, 11) is 5.66. The lowest BCUT2D eigenvalue weighted by atomic mass is 10.1. The van der Waals surface area contributed by atoms with Gasteiger partial charge in [-0.2, -0.15) is 0 Å². The number of nitrogens with two attached hydrogens (primary N) is 1. The number of carbonyl (C=O) groups excluding carboxylic acids is 1. The van der Waals surface area contributed by atoms with E-state index in [0.717, 1.165) is 5.69 Å². The van der Waals surface area contributed by atoms with Crippen molar-refractivity contribution < 1.29 is 4.79 Å². The average Bonchev–Trinajstić information content (AvgIpc) is 2.90. The van der Waals surface area contributed by atoms with Crippen molar-refractivity contribution >= 4 is 28.6 Å². The van der Waals surface area contributed by atoms with Gasteiger partial charge in [0.1, 0.15) is 0 Å². The van der Waals surface area contributed by atoms with E-state index in [-0.39, 0.29) is 5.91 Å². The van der Waals surface area contributed by atoms with Gasteiger partial charge in [0.25, 0.3) is 5.91 Å². The van der Waals surface area contributed by atoms with Crippen LogP contribution in [0.15, 0.2) is 35.7 Å². The fourth-order valence-electron chi connectivity index (χ4n) is 2.02. The summed E-state index contributed by atoms with van der Waals surface area (Å²) in [5.74, 6) is -0.0181. The van der Waals surface area contributed by atoms with Crippen LogP contribution < -0.4 is 10.6 Å². The first-order chi connectivity index (χ1) is 9.49. The zero-order valence-electron chi connectivity index (χ0n) is 12.0. The van der Waals surface area contributed by atoms with E-state index in [2.05, 4.69) is 0 Å². The molecule has 0 fully saturated rings. The first-order valence-electron chi connectivity index (χ1n) is 6.33. The minimum absolute atomic E-state index is 0.0181. The maximum Gasteiger partial charge on any atom is 0.253 e. The second kappa shape index (κ2) is 5.96. The van der Waals surface area contributed by atoms with Gasteiger partial charge in [-0.25, -0.2) is 0 Å². The molecule has 5 heteroatoms. The van der Waals surface area contributed by atoms with Crippen LogP contribution in [0.3, 0.4) is 0 Å². The molecule has 0 bridgehead atoms. The third kappa shape index (κ3) is 3.11. The van der Waals surface area contributed by atoms with Crippen LogP contribution >= 0.6 is 11.3 Å². The zero-order chi connectivity index (χ0) is 14.7. The topological polar surface area (TPSA) is 49.6 Å². The molecule has 2 aromatic rings. The van der Waals surface area contributed by atoms with E-state index in [9.17, 15) is 4.79 Å². The summed E-state index contributed by atoms with van der Waals surface area (Å²) < 4.78 is 0. The number of carbonyl (C=O) groups is 1. The second-order valence-corrected chi connectivity index (χ2v) is 5.94. The Morgan fingerprint density at radius 3 is 2.55 bits per heavy atom. The van der Waals surface area contributed by atoms with Gasteiger partial charge in [0.05, 0.1) is 17.9 Å². The molecule has 4 nitrogen and oxygen atoms in total. The fraction of sp³-hybridized carbons (Fsp3) is 0.267. The maximum absolute atomic E-state index is 12.4. The molecule has 0 unspecified atom stereocenters. The van der Waals surface area contributed by atoms with Crippen LogP contribution in [0.2, 0.25) is 0 Å². The molecule has 1 aromatic heterocycles. The summed E-state index contributed by atoms with van der Waals surface area (Å²) in [6.45, 7) is 0.617. The molecule has 106 valence electrons. The van der Waals surface area contributed by atoms with Gasteiger partial charge in [-0.1, -0.05) is 6.07 Å². The average molecular weight is 289 g/mol. The van der Waals surface area contributed by atoms with Crippen molar-refractivity contribution in [3.8, 4) is 0 Å².